The Morgan fingerprint density at radius 1 is 0.920 bits per heavy atom. The van der Waals surface area contributed by atoms with Crippen LogP contribution in [0.3, 0.4) is 0 Å². The predicted molar refractivity (Wildman–Crippen MR) is 177 cm³/mol. The van der Waals surface area contributed by atoms with E-state index in [-0.39, 0.29) is 49.3 Å². The number of hydrogen-bond donors (Lipinski definition) is 1. The number of carbonyl (C=O) groups excluding carboxylic acids is 3. The van der Waals surface area contributed by atoms with Crippen molar-refractivity contribution in [2.24, 2.45) is 0 Å². The summed E-state index contributed by atoms with van der Waals surface area (Å²) in [6.45, 7) is 0.0330. The molecule has 0 saturated heterocycles. The average molecular weight is 699 g/mol. The van der Waals surface area contributed by atoms with Gasteiger partial charge in [-0.1, -0.05) is 29.8 Å². The Bertz CT molecular complexity index is 2130. The molecule has 0 spiro atoms. The number of ether oxygens (including phenoxy) is 2. The summed E-state index contributed by atoms with van der Waals surface area (Å²) in [5.74, 6) is -0.258. The average Bonchev–Trinajstić information content (AvgIpc) is 3.55. The van der Waals surface area contributed by atoms with Gasteiger partial charge in [0.05, 0.1) is 11.6 Å². The van der Waals surface area contributed by atoms with Gasteiger partial charge < -0.3 is 19.7 Å². The molecule has 0 fully saturated rings. The minimum atomic E-state index is -4.58. The fourth-order valence-electron chi connectivity index (χ4n) is 6.02. The van der Waals surface area contributed by atoms with Gasteiger partial charge in [0, 0.05) is 53.6 Å². The lowest BCUT2D eigenvalue weighted by Gasteiger charge is -2.29. The highest BCUT2D eigenvalue weighted by molar-refractivity contribution is 6.30. The van der Waals surface area contributed by atoms with Crippen molar-refractivity contribution >= 4 is 35.0 Å². The Balaban J connectivity index is 1.27. The van der Waals surface area contributed by atoms with E-state index in [2.05, 4.69) is 15.3 Å². The second-order valence-corrected chi connectivity index (χ2v) is 12.2. The topological polar surface area (TPSA) is 111 Å². The van der Waals surface area contributed by atoms with E-state index in [4.69, 9.17) is 21.1 Å². The molecule has 3 aromatic carbocycles. The number of alkyl halides is 3. The zero-order chi connectivity index (χ0) is 35.0. The van der Waals surface area contributed by atoms with Gasteiger partial charge in [0.25, 0.3) is 11.8 Å². The van der Waals surface area contributed by atoms with Crippen LogP contribution in [-0.4, -0.2) is 45.3 Å². The molecule has 0 unspecified atom stereocenters. The van der Waals surface area contributed by atoms with Crippen LogP contribution in [0.5, 0.6) is 11.5 Å². The predicted octanol–water partition coefficient (Wildman–Crippen LogP) is 7.18. The van der Waals surface area contributed by atoms with Gasteiger partial charge in [-0.15, -0.1) is 0 Å². The molecule has 13 heteroatoms. The molecule has 0 saturated carbocycles. The molecule has 1 atom stereocenters. The van der Waals surface area contributed by atoms with E-state index in [0.29, 0.717) is 56.2 Å². The second-order valence-electron chi connectivity index (χ2n) is 11.8. The maximum Gasteiger partial charge on any atom is 0.417 e. The van der Waals surface area contributed by atoms with Gasteiger partial charge in [-0.2, -0.15) is 13.2 Å². The monoisotopic (exact) mass is 698 g/mol. The van der Waals surface area contributed by atoms with Crippen molar-refractivity contribution < 1.29 is 37.0 Å². The fourth-order valence-corrected chi connectivity index (χ4v) is 6.22. The number of anilines is 1. The molecule has 0 aliphatic carbocycles. The highest BCUT2D eigenvalue weighted by Crippen LogP contribution is 2.38. The maximum absolute atomic E-state index is 14.2. The molecule has 50 heavy (non-hydrogen) atoms. The minimum Gasteiger partial charge on any atom is -0.454 e. The molecule has 5 aromatic rings. The first-order valence-corrected chi connectivity index (χ1v) is 15.8. The van der Waals surface area contributed by atoms with Crippen LogP contribution in [0.1, 0.15) is 43.1 Å². The summed E-state index contributed by atoms with van der Waals surface area (Å²) in [5, 5.41) is 2.98. The minimum absolute atomic E-state index is 0.00402. The molecule has 2 aromatic heterocycles. The summed E-state index contributed by atoms with van der Waals surface area (Å²) in [6, 6.07) is 21.4. The normalized spacial score (nSPS) is 15.4. The van der Waals surface area contributed by atoms with Crippen LogP contribution >= 0.6 is 11.6 Å². The van der Waals surface area contributed by atoms with E-state index < -0.39 is 23.7 Å². The lowest BCUT2D eigenvalue weighted by molar-refractivity contribution is -0.137. The Morgan fingerprint density at radius 2 is 1.76 bits per heavy atom. The standard InChI is InChI=1S/C37H26ClF3N4O5/c38-25-7-9-27-23(14-25)15-31(46)30(17-26-3-1-2-12-42-26)45(36(27)48)19-21-4-8-28(29(13-21)22-5-10-32-33(16-22)50-20-49-32)35(47)44-34-11-6-24(18-43-34)37(39,40)41/h1-14,16,18,30H,15,17,19-20H2,(H,43,44,47)/t30-/m1/s1. The van der Waals surface area contributed by atoms with Crippen LogP contribution in [0.4, 0.5) is 19.0 Å². The van der Waals surface area contributed by atoms with Gasteiger partial charge in [0.2, 0.25) is 6.79 Å². The van der Waals surface area contributed by atoms with Crippen LogP contribution in [-0.2, 0) is 30.4 Å². The number of ketones is 1. The third kappa shape index (κ3) is 6.74. The van der Waals surface area contributed by atoms with Gasteiger partial charge in [0.15, 0.2) is 17.3 Å². The van der Waals surface area contributed by atoms with Crippen molar-refractivity contribution in [1.82, 2.24) is 14.9 Å². The summed E-state index contributed by atoms with van der Waals surface area (Å²) in [6.07, 6.45) is -2.12. The van der Waals surface area contributed by atoms with Crippen LogP contribution in [0.25, 0.3) is 11.1 Å². The molecule has 1 N–H and O–H groups in total. The Morgan fingerprint density at radius 3 is 2.52 bits per heavy atom. The van der Waals surface area contributed by atoms with E-state index in [9.17, 15) is 27.6 Å². The zero-order valence-corrected chi connectivity index (χ0v) is 26.8. The Kier molecular flexibility index (Phi) is 8.71. The number of nitrogens with zero attached hydrogens (tertiary/aromatic N) is 3. The smallest absolute Gasteiger partial charge is 0.417 e. The van der Waals surface area contributed by atoms with Crippen molar-refractivity contribution in [1.29, 1.82) is 0 Å². The van der Waals surface area contributed by atoms with Crippen molar-refractivity contribution in [2.45, 2.75) is 31.6 Å². The molecule has 2 amide bonds. The van der Waals surface area contributed by atoms with Crippen molar-refractivity contribution in [3.8, 4) is 22.6 Å². The number of halogens is 4. The summed E-state index contributed by atoms with van der Waals surface area (Å²) < 4.78 is 50.3. The van der Waals surface area contributed by atoms with Gasteiger partial charge >= 0.3 is 6.18 Å². The van der Waals surface area contributed by atoms with Gasteiger partial charge in [-0.05, 0) is 89.0 Å². The SMILES string of the molecule is O=C(Nc1ccc(C(F)(F)F)cn1)c1ccc(CN2C(=O)c3ccc(Cl)cc3CC(=O)[C@H]2Cc2ccccn2)cc1-c1ccc2c(c1)OCO2. The van der Waals surface area contributed by atoms with E-state index >= 15 is 0 Å². The number of Topliss-reactive ketones (excluding diaryl/α,β-unsaturated/α-hetero) is 1. The second kappa shape index (κ2) is 13.3. The van der Waals surface area contributed by atoms with Crippen molar-refractivity contribution in [3.63, 3.8) is 0 Å². The first-order valence-electron chi connectivity index (χ1n) is 15.4. The first kappa shape index (κ1) is 32.8. The van der Waals surface area contributed by atoms with Gasteiger partial charge in [0.1, 0.15) is 5.82 Å². The summed E-state index contributed by atoms with van der Waals surface area (Å²) in [4.78, 5) is 51.3. The molecule has 0 radical (unpaired) electrons. The number of benzene rings is 3. The molecule has 7 rings (SSSR count). The third-order valence-corrected chi connectivity index (χ3v) is 8.73. The first-order chi connectivity index (χ1) is 24.0. The number of fused-ring (bicyclic) bond motifs is 2. The Hall–Kier alpha value is -5.75. The maximum atomic E-state index is 14.2. The highest BCUT2D eigenvalue weighted by atomic mass is 35.5. The fraction of sp³-hybridized carbons (Fsp3) is 0.162. The molecule has 2 aliphatic heterocycles. The number of carbonyl (C=O) groups is 3. The van der Waals surface area contributed by atoms with Crippen LogP contribution in [0.15, 0.2) is 97.3 Å². The van der Waals surface area contributed by atoms with Gasteiger partial charge in [-0.3, -0.25) is 19.4 Å². The molecule has 9 nitrogen and oxygen atoms in total. The molecular weight excluding hydrogens is 673 g/mol. The zero-order valence-electron chi connectivity index (χ0n) is 26.0. The lowest BCUT2D eigenvalue weighted by atomic mass is 9.95. The molecular formula is C37H26ClF3N4O5. The summed E-state index contributed by atoms with van der Waals surface area (Å²) in [7, 11) is 0. The number of amides is 2. The largest absolute Gasteiger partial charge is 0.454 e. The highest BCUT2D eigenvalue weighted by Gasteiger charge is 2.36. The van der Waals surface area contributed by atoms with Crippen LogP contribution in [0, 0.1) is 0 Å². The third-order valence-electron chi connectivity index (χ3n) is 8.50. The number of rotatable bonds is 7. The summed E-state index contributed by atoms with van der Waals surface area (Å²) >= 11 is 6.24. The lowest BCUT2D eigenvalue weighted by Crippen LogP contribution is -2.45. The summed E-state index contributed by atoms with van der Waals surface area (Å²) in [5.41, 5.74) is 2.38. The van der Waals surface area contributed by atoms with Crippen LogP contribution in [0.2, 0.25) is 5.02 Å². The molecule has 4 heterocycles. The van der Waals surface area contributed by atoms with Crippen molar-refractivity contribution in [3.05, 3.63) is 136 Å². The molecule has 252 valence electrons. The number of pyridine rings is 2. The Labute approximate surface area is 288 Å². The van der Waals surface area contributed by atoms with E-state index in [1.165, 1.54) is 4.90 Å². The van der Waals surface area contributed by atoms with Gasteiger partial charge in [-0.25, -0.2) is 4.98 Å². The number of aromatic nitrogens is 2. The van der Waals surface area contributed by atoms with E-state index in [1.807, 2.05) is 6.07 Å². The quantitative estimate of drug-likeness (QED) is 0.192. The van der Waals surface area contributed by atoms with E-state index in [0.717, 1.165) is 12.1 Å². The van der Waals surface area contributed by atoms with Crippen molar-refractivity contribution in [2.75, 3.05) is 12.1 Å². The molecule has 0 bridgehead atoms. The number of nitrogens with one attached hydrogen (secondary N) is 1. The van der Waals surface area contributed by atoms with E-state index in [1.54, 1.807) is 72.9 Å². The molecule has 2 aliphatic rings. The number of hydrogen-bond acceptors (Lipinski definition) is 7. The van der Waals surface area contributed by atoms with Crippen LogP contribution < -0.4 is 14.8 Å².